The van der Waals surface area contributed by atoms with E-state index in [1.807, 2.05) is 38.1 Å². The van der Waals surface area contributed by atoms with E-state index in [0.717, 1.165) is 16.6 Å². The second kappa shape index (κ2) is 5.36. The second-order valence-corrected chi connectivity index (χ2v) is 4.81. The number of aromatic nitrogens is 1. The van der Waals surface area contributed by atoms with E-state index in [1.54, 1.807) is 18.0 Å². The standard InChI is InChI=1S/C15H18N2O2/c1-10-4-5-12-8-13(6-7-14(12)16-10)15(19)17(3)11(2)9-18/h4-8,11,18H,9H2,1-3H3. The Bertz CT molecular complexity index is 610. The third kappa shape index (κ3) is 2.74. The molecule has 1 aromatic heterocycles. The molecule has 4 heteroatoms. The fourth-order valence-electron chi connectivity index (χ4n) is 1.89. The van der Waals surface area contributed by atoms with Gasteiger partial charge in [0.1, 0.15) is 0 Å². The van der Waals surface area contributed by atoms with Crippen LogP contribution in [-0.4, -0.2) is 40.6 Å². The molecular formula is C15H18N2O2. The third-order valence-electron chi connectivity index (χ3n) is 3.32. The van der Waals surface area contributed by atoms with Crippen LogP contribution in [0.2, 0.25) is 0 Å². The van der Waals surface area contributed by atoms with Crippen LogP contribution in [0.25, 0.3) is 10.9 Å². The summed E-state index contributed by atoms with van der Waals surface area (Å²) in [6.07, 6.45) is 0. The maximum Gasteiger partial charge on any atom is 0.253 e. The lowest BCUT2D eigenvalue weighted by Crippen LogP contribution is -2.37. The number of nitrogens with zero attached hydrogens (tertiary/aromatic N) is 2. The van der Waals surface area contributed by atoms with Gasteiger partial charge in [-0.2, -0.15) is 0 Å². The number of aliphatic hydroxyl groups is 1. The molecule has 4 nitrogen and oxygen atoms in total. The number of fused-ring (bicyclic) bond motifs is 1. The molecular weight excluding hydrogens is 240 g/mol. The number of hydrogen-bond donors (Lipinski definition) is 1. The average molecular weight is 258 g/mol. The minimum Gasteiger partial charge on any atom is -0.394 e. The molecule has 0 aliphatic heterocycles. The van der Waals surface area contributed by atoms with Crippen molar-refractivity contribution < 1.29 is 9.90 Å². The van der Waals surface area contributed by atoms with Crippen LogP contribution >= 0.6 is 0 Å². The van der Waals surface area contributed by atoms with E-state index in [9.17, 15) is 4.79 Å². The molecule has 0 aliphatic rings. The van der Waals surface area contributed by atoms with Crippen LogP contribution in [0.15, 0.2) is 30.3 Å². The number of pyridine rings is 1. The molecule has 100 valence electrons. The van der Waals surface area contributed by atoms with E-state index in [0.29, 0.717) is 5.56 Å². The van der Waals surface area contributed by atoms with Crippen LogP contribution in [-0.2, 0) is 0 Å². The predicted octanol–water partition coefficient (Wildman–Crippen LogP) is 2.00. The van der Waals surface area contributed by atoms with Gasteiger partial charge in [0.05, 0.1) is 18.2 Å². The number of benzene rings is 1. The van der Waals surface area contributed by atoms with Gasteiger partial charge in [-0.05, 0) is 38.1 Å². The lowest BCUT2D eigenvalue weighted by atomic mass is 10.1. The first-order valence-electron chi connectivity index (χ1n) is 6.28. The Morgan fingerprint density at radius 2 is 2.11 bits per heavy atom. The maximum atomic E-state index is 12.3. The molecule has 2 rings (SSSR count). The lowest BCUT2D eigenvalue weighted by molar-refractivity contribution is 0.0682. The van der Waals surface area contributed by atoms with E-state index in [1.165, 1.54) is 0 Å². The lowest BCUT2D eigenvalue weighted by Gasteiger charge is -2.23. The van der Waals surface area contributed by atoms with Crippen LogP contribution in [0.3, 0.4) is 0 Å². The molecule has 1 atom stereocenters. The van der Waals surface area contributed by atoms with Crippen molar-refractivity contribution in [2.75, 3.05) is 13.7 Å². The van der Waals surface area contributed by atoms with Crippen molar-refractivity contribution in [2.45, 2.75) is 19.9 Å². The zero-order valence-corrected chi connectivity index (χ0v) is 11.4. The molecule has 0 saturated carbocycles. The largest absolute Gasteiger partial charge is 0.394 e. The van der Waals surface area contributed by atoms with E-state index in [2.05, 4.69) is 4.98 Å². The number of amides is 1. The summed E-state index contributed by atoms with van der Waals surface area (Å²) in [4.78, 5) is 18.2. The van der Waals surface area contributed by atoms with Gasteiger partial charge in [-0.15, -0.1) is 0 Å². The Kier molecular flexibility index (Phi) is 3.81. The highest BCUT2D eigenvalue weighted by Gasteiger charge is 2.16. The second-order valence-electron chi connectivity index (χ2n) is 4.81. The normalized spacial score (nSPS) is 12.4. The number of carbonyl (C=O) groups excluding carboxylic acids is 1. The quantitative estimate of drug-likeness (QED) is 0.916. The van der Waals surface area contributed by atoms with Crippen molar-refractivity contribution in [3.63, 3.8) is 0 Å². The molecule has 2 aromatic rings. The molecule has 0 aliphatic carbocycles. The molecule has 0 bridgehead atoms. The summed E-state index contributed by atoms with van der Waals surface area (Å²) in [5.74, 6) is -0.0935. The highest BCUT2D eigenvalue weighted by molar-refractivity contribution is 5.98. The number of likely N-dealkylation sites (N-methyl/N-ethyl adjacent to an activating group) is 1. The average Bonchev–Trinajstić information content (AvgIpc) is 2.44. The van der Waals surface area contributed by atoms with Gasteiger partial charge in [0, 0.05) is 23.7 Å². The Morgan fingerprint density at radius 1 is 1.37 bits per heavy atom. The first-order chi connectivity index (χ1) is 9.02. The summed E-state index contributed by atoms with van der Waals surface area (Å²) in [5, 5.41) is 10.0. The Hall–Kier alpha value is -1.94. The minimum absolute atomic E-state index is 0.0451. The van der Waals surface area contributed by atoms with E-state index < -0.39 is 0 Å². The highest BCUT2D eigenvalue weighted by Crippen LogP contribution is 2.16. The fourth-order valence-corrected chi connectivity index (χ4v) is 1.89. The van der Waals surface area contributed by atoms with Gasteiger partial charge < -0.3 is 10.0 Å². The topological polar surface area (TPSA) is 53.4 Å². The van der Waals surface area contributed by atoms with Crippen molar-refractivity contribution in [2.24, 2.45) is 0 Å². The number of aryl methyl sites for hydroxylation is 1. The zero-order valence-electron chi connectivity index (χ0n) is 11.4. The van der Waals surface area contributed by atoms with Crippen molar-refractivity contribution in [1.29, 1.82) is 0 Å². The van der Waals surface area contributed by atoms with Crippen LogP contribution < -0.4 is 0 Å². The van der Waals surface area contributed by atoms with Gasteiger partial charge in [-0.1, -0.05) is 6.07 Å². The van der Waals surface area contributed by atoms with Crippen molar-refractivity contribution in [3.05, 3.63) is 41.6 Å². The number of carbonyl (C=O) groups is 1. The monoisotopic (exact) mass is 258 g/mol. The van der Waals surface area contributed by atoms with Crippen LogP contribution in [0.5, 0.6) is 0 Å². The molecule has 1 unspecified atom stereocenters. The maximum absolute atomic E-state index is 12.3. The SMILES string of the molecule is Cc1ccc2cc(C(=O)N(C)C(C)CO)ccc2n1. The number of aliphatic hydroxyl groups excluding tert-OH is 1. The summed E-state index contributed by atoms with van der Waals surface area (Å²) in [6, 6.07) is 9.16. The summed E-state index contributed by atoms with van der Waals surface area (Å²) in [5.41, 5.74) is 2.45. The predicted molar refractivity (Wildman–Crippen MR) is 75.1 cm³/mol. The highest BCUT2D eigenvalue weighted by atomic mass is 16.3. The first-order valence-corrected chi connectivity index (χ1v) is 6.28. The van der Waals surface area contributed by atoms with Crippen LogP contribution in [0.1, 0.15) is 23.0 Å². The minimum atomic E-state index is -0.195. The van der Waals surface area contributed by atoms with Gasteiger partial charge in [-0.25, -0.2) is 0 Å². The summed E-state index contributed by atoms with van der Waals surface area (Å²) in [6.45, 7) is 3.70. The summed E-state index contributed by atoms with van der Waals surface area (Å²) in [7, 11) is 1.70. The Morgan fingerprint density at radius 3 is 2.79 bits per heavy atom. The van der Waals surface area contributed by atoms with Crippen molar-refractivity contribution in [3.8, 4) is 0 Å². The number of rotatable bonds is 3. The molecule has 0 fully saturated rings. The molecule has 1 amide bonds. The zero-order chi connectivity index (χ0) is 14.0. The van der Waals surface area contributed by atoms with Gasteiger partial charge in [0.15, 0.2) is 0 Å². The molecule has 19 heavy (non-hydrogen) atoms. The van der Waals surface area contributed by atoms with E-state index >= 15 is 0 Å². The molecule has 1 aromatic carbocycles. The summed E-state index contributed by atoms with van der Waals surface area (Å²) >= 11 is 0. The van der Waals surface area contributed by atoms with E-state index in [-0.39, 0.29) is 18.6 Å². The Balaban J connectivity index is 2.35. The van der Waals surface area contributed by atoms with Gasteiger partial charge >= 0.3 is 0 Å². The number of hydrogen-bond acceptors (Lipinski definition) is 3. The van der Waals surface area contributed by atoms with Crippen LogP contribution in [0, 0.1) is 6.92 Å². The third-order valence-corrected chi connectivity index (χ3v) is 3.32. The Labute approximate surface area is 112 Å². The first kappa shape index (κ1) is 13.5. The van der Waals surface area contributed by atoms with Gasteiger partial charge in [0.25, 0.3) is 5.91 Å². The van der Waals surface area contributed by atoms with Gasteiger partial charge in [-0.3, -0.25) is 9.78 Å². The van der Waals surface area contributed by atoms with E-state index in [4.69, 9.17) is 5.11 Å². The van der Waals surface area contributed by atoms with Gasteiger partial charge in [0.2, 0.25) is 0 Å². The molecule has 1 N–H and O–H groups in total. The van der Waals surface area contributed by atoms with Crippen molar-refractivity contribution >= 4 is 16.8 Å². The van der Waals surface area contributed by atoms with Crippen LogP contribution in [0.4, 0.5) is 0 Å². The molecule has 1 heterocycles. The molecule has 0 radical (unpaired) electrons. The fraction of sp³-hybridized carbons (Fsp3) is 0.333. The smallest absolute Gasteiger partial charge is 0.253 e. The molecule has 0 spiro atoms. The molecule has 0 saturated heterocycles. The summed E-state index contributed by atoms with van der Waals surface area (Å²) < 4.78 is 0. The van der Waals surface area contributed by atoms with Crippen molar-refractivity contribution in [1.82, 2.24) is 9.88 Å².